The summed E-state index contributed by atoms with van der Waals surface area (Å²) in [5.74, 6) is 2.13. The van der Waals surface area contributed by atoms with Crippen molar-refractivity contribution in [2.45, 2.75) is 64.8 Å². The van der Waals surface area contributed by atoms with Gasteiger partial charge in [0.2, 0.25) is 11.8 Å². The quantitative estimate of drug-likeness (QED) is 0.800. The van der Waals surface area contributed by atoms with Gasteiger partial charge in [-0.3, -0.25) is 9.69 Å². The summed E-state index contributed by atoms with van der Waals surface area (Å²) in [7, 11) is 0. The van der Waals surface area contributed by atoms with Crippen LogP contribution in [0.4, 0.5) is 0 Å². The lowest BCUT2D eigenvalue weighted by Gasteiger charge is -2.35. The van der Waals surface area contributed by atoms with Crippen LogP contribution < -0.4 is 0 Å². The van der Waals surface area contributed by atoms with Crippen LogP contribution in [0.3, 0.4) is 0 Å². The molecule has 24 heavy (non-hydrogen) atoms. The lowest BCUT2D eigenvalue weighted by Crippen LogP contribution is -2.44. The van der Waals surface area contributed by atoms with E-state index in [4.69, 9.17) is 4.52 Å². The number of hydrogen-bond acceptors (Lipinski definition) is 5. The van der Waals surface area contributed by atoms with Crippen molar-refractivity contribution in [3.63, 3.8) is 0 Å². The number of piperidine rings is 2. The predicted octanol–water partition coefficient (Wildman–Crippen LogP) is 2.64. The van der Waals surface area contributed by atoms with Gasteiger partial charge in [0.05, 0.1) is 6.54 Å². The molecular weight excluding hydrogens is 304 g/mol. The minimum atomic E-state index is 0.210. The topological polar surface area (TPSA) is 62.5 Å². The van der Waals surface area contributed by atoms with Crippen LogP contribution in [0.2, 0.25) is 0 Å². The Bertz CT molecular complexity index is 517. The molecule has 2 aliphatic heterocycles. The van der Waals surface area contributed by atoms with E-state index in [0.717, 1.165) is 64.1 Å². The molecule has 0 bridgehead atoms. The van der Waals surface area contributed by atoms with E-state index in [1.54, 1.807) is 0 Å². The zero-order valence-electron chi connectivity index (χ0n) is 14.9. The minimum absolute atomic E-state index is 0.210. The third-order valence-corrected chi connectivity index (χ3v) is 5.23. The molecule has 0 atom stereocenters. The van der Waals surface area contributed by atoms with Crippen molar-refractivity contribution in [2.24, 2.45) is 5.92 Å². The lowest BCUT2D eigenvalue weighted by atomic mass is 9.94. The second-order valence-electron chi connectivity index (χ2n) is 7.14. The minimum Gasteiger partial charge on any atom is -0.342 e. The van der Waals surface area contributed by atoms with Crippen molar-refractivity contribution in [3.05, 3.63) is 11.7 Å². The third kappa shape index (κ3) is 4.56. The number of nitrogens with zero attached hydrogens (tertiary/aromatic N) is 4. The standard InChI is InChI=1S/C18H30N4O2/c1-2-3-7-16-19-17(24-20-16)14-21-12-8-15(9-13-21)18(23)22-10-5-4-6-11-22/h15H,2-14H2,1H3. The highest BCUT2D eigenvalue weighted by Crippen LogP contribution is 2.22. The molecule has 3 rings (SSSR count). The summed E-state index contributed by atoms with van der Waals surface area (Å²) in [5, 5.41) is 4.05. The normalized spacial score (nSPS) is 20.5. The summed E-state index contributed by atoms with van der Waals surface area (Å²) in [4.78, 5) is 21.5. The number of unbranched alkanes of at least 4 members (excludes halogenated alkanes) is 1. The zero-order chi connectivity index (χ0) is 16.8. The summed E-state index contributed by atoms with van der Waals surface area (Å²) >= 11 is 0. The van der Waals surface area contributed by atoms with Crippen molar-refractivity contribution < 1.29 is 9.32 Å². The Hall–Kier alpha value is -1.43. The van der Waals surface area contributed by atoms with Gasteiger partial charge in [-0.2, -0.15) is 4.98 Å². The molecule has 0 radical (unpaired) electrons. The van der Waals surface area contributed by atoms with Crippen molar-refractivity contribution in [3.8, 4) is 0 Å². The summed E-state index contributed by atoms with van der Waals surface area (Å²) < 4.78 is 5.36. The summed E-state index contributed by atoms with van der Waals surface area (Å²) in [6.45, 7) is 6.68. The Morgan fingerprint density at radius 1 is 1.17 bits per heavy atom. The van der Waals surface area contributed by atoms with Crippen LogP contribution in [-0.4, -0.2) is 52.0 Å². The highest BCUT2D eigenvalue weighted by atomic mass is 16.5. The largest absolute Gasteiger partial charge is 0.342 e. The number of rotatable bonds is 6. The van der Waals surface area contributed by atoms with Gasteiger partial charge >= 0.3 is 0 Å². The molecule has 0 unspecified atom stereocenters. The van der Waals surface area contributed by atoms with Gasteiger partial charge in [-0.25, -0.2) is 0 Å². The molecule has 0 aromatic carbocycles. The highest BCUT2D eigenvalue weighted by Gasteiger charge is 2.29. The first-order valence-electron chi connectivity index (χ1n) is 9.59. The molecule has 134 valence electrons. The van der Waals surface area contributed by atoms with Gasteiger partial charge < -0.3 is 9.42 Å². The Kier molecular flexibility index (Phi) is 6.24. The molecule has 2 saturated heterocycles. The second-order valence-corrected chi connectivity index (χ2v) is 7.14. The van der Waals surface area contributed by atoms with Gasteiger partial charge in [-0.15, -0.1) is 0 Å². The molecular formula is C18H30N4O2. The van der Waals surface area contributed by atoms with Crippen LogP contribution in [-0.2, 0) is 17.8 Å². The molecule has 0 N–H and O–H groups in total. The van der Waals surface area contributed by atoms with E-state index >= 15 is 0 Å². The smallest absolute Gasteiger partial charge is 0.240 e. The molecule has 1 aromatic rings. The van der Waals surface area contributed by atoms with E-state index in [1.807, 2.05) is 0 Å². The van der Waals surface area contributed by atoms with E-state index in [0.29, 0.717) is 18.3 Å². The summed E-state index contributed by atoms with van der Waals surface area (Å²) in [6.07, 6.45) is 8.65. The second kappa shape index (κ2) is 8.60. The maximum atomic E-state index is 12.6. The number of amides is 1. The number of likely N-dealkylation sites (tertiary alicyclic amines) is 2. The first kappa shape index (κ1) is 17.4. The first-order chi connectivity index (χ1) is 11.8. The molecule has 3 heterocycles. The molecule has 2 fully saturated rings. The van der Waals surface area contributed by atoms with Crippen LogP contribution in [0.15, 0.2) is 4.52 Å². The molecule has 6 nitrogen and oxygen atoms in total. The SMILES string of the molecule is CCCCc1noc(CN2CCC(C(=O)N3CCCCC3)CC2)n1. The molecule has 0 spiro atoms. The Balaban J connectivity index is 1.43. The molecule has 0 saturated carbocycles. The third-order valence-electron chi connectivity index (χ3n) is 5.23. The Labute approximate surface area is 144 Å². The van der Waals surface area contributed by atoms with E-state index in [9.17, 15) is 4.79 Å². The average Bonchev–Trinajstić information content (AvgIpc) is 3.08. The summed E-state index contributed by atoms with van der Waals surface area (Å²) in [6, 6.07) is 0. The number of carbonyl (C=O) groups excluding carboxylic acids is 1. The first-order valence-corrected chi connectivity index (χ1v) is 9.59. The number of aryl methyl sites for hydroxylation is 1. The Morgan fingerprint density at radius 3 is 2.62 bits per heavy atom. The fourth-order valence-corrected chi connectivity index (χ4v) is 3.69. The lowest BCUT2D eigenvalue weighted by molar-refractivity contribution is -0.138. The number of hydrogen-bond donors (Lipinski definition) is 0. The average molecular weight is 334 g/mol. The van der Waals surface area contributed by atoms with Gasteiger partial charge in [0.1, 0.15) is 0 Å². The van der Waals surface area contributed by atoms with Crippen molar-refractivity contribution in [2.75, 3.05) is 26.2 Å². The Morgan fingerprint density at radius 2 is 1.92 bits per heavy atom. The van der Waals surface area contributed by atoms with Gasteiger partial charge in [-0.05, 0) is 51.6 Å². The molecule has 6 heteroatoms. The zero-order valence-corrected chi connectivity index (χ0v) is 14.9. The van der Waals surface area contributed by atoms with Gasteiger partial charge in [0.25, 0.3) is 0 Å². The molecule has 2 aliphatic rings. The molecule has 1 amide bonds. The predicted molar refractivity (Wildman–Crippen MR) is 91.3 cm³/mol. The van der Waals surface area contributed by atoms with Crippen LogP contribution in [0.25, 0.3) is 0 Å². The number of carbonyl (C=O) groups is 1. The van der Waals surface area contributed by atoms with Crippen molar-refractivity contribution >= 4 is 5.91 Å². The van der Waals surface area contributed by atoms with E-state index in [1.165, 1.54) is 19.3 Å². The van der Waals surface area contributed by atoms with Crippen LogP contribution in [0.5, 0.6) is 0 Å². The van der Waals surface area contributed by atoms with Gasteiger partial charge in [0, 0.05) is 25.4 Å². The fraction of sp³-hybridized carbons (Fsp3) is 0.833. The van der Waals surface area contributed by atoms with Crippen LogP contribution in [0.1, 0.15) is 63.6 Å². The van der Waals surface area contributed by atoms with Crippen LogP contribution >= 0.6 is 0 Å². The van der Waals surface area contributed by atoms with Gasteiger partial charge in [-0.1, -0.05) is 18.5 Å². The number of aromatic nitrogens is 2. The van der Waals surface area contributed by atoms with E-state index in [-0.39, 0.29) is 5.92 Å². The summed E-state index contributed by atoms with van der Waals surface area (Å²) in [5.41, 5.74) is 0. The highest BCUT2D eigenvalue weighted by molar-refractivity contribution is 5.79. The monoisotopic (exact) mass is 334 g/mol. The van der Waals surface area contributed by atoms with E-state index in [2.05, 4.69) is 26.9 Å². The van der Waals surface area contributed by atoms with Crippen molar-refractivity contribution in [1.82, 2.24) is 19.9 Å². The maximum Gasteiger partial charge on any atom is 0.240 e. The van der Waals surface area contributed by atoms with Crippen LogP contribution in [0, 0.1) is 5.92 Å². The van der Waals surface area contributed by atoms with Gasteiger partial charge in [0.15, 0.2) is 5.82 Å². The fourth-order valence-electron chi connectivity index (χ4n) is 3.69. The molecule has 0 aliphatic carbocycles. The van der Waals surface area contributed by atoms with E-state index < -0.39 is 0 Å². The molecule has 1 aromatic heterocycles. The maximum absolute atomic E-state index is 12.6. The van der Waals surface area contributed by atoms with Crippen molar-refractivity contribution in [1.29, 1.82) is 0 Å².